The Morgan fingerprint density at radius 3 is 0.910 bits per heavy atom. The molecular formula is C61H104O6. The van der Waals surface area contributed by atoms with Gasteiger partial charge in [-0.15, -0.1) is 0 Å². The van der Waals surface area contributed by atoms with Crippen molar-refractivity contribution in [2.24, 2.45) is 0 Å². The van der Waals surface area contributed by atoms with E-state index >= 15 is 0 Å². The maximum atomic E-state index is 12.7. The molecule has 67 heavy (non-hydrogen) atoms. The molecule has 6 heteroatoms. The third-order valence-electron chi connectivity index (χ3n) is 11.9. The Balaban J connectivity index is 4.19. The molecule has 0 N–H and O–H groups in total. The Morgan fingerprint density at radius 2 is 0.582 bits per heavy atom. The van der Waals surface area contributed by atoms with E-state index in [1.54, 1.807) is 0 Å². The van der Waals surface area contributed by atoms with E-state index in [2.05, 4.69) is 106 Å². The molecule has 0 rings (SSSR count). The van der Waals surface area contributed by atoms with Crippen LogP contribution in [0.3, 0.4) is 0 Å². The van der Waals surface area contributed by atoms with Crippen LogP contribution in [0.4, 0.5) is 0 Å². The number of hydrogen-bond donors (Lipinski definition) is 0. The van der Waals surface area contributed by atoms with Crippen LogP contribution >= 0.6 is 0 Å². The van der Waals surface area contributed by atoms with Crippen molar-refractivity contribution in [3.05, 3.63) is 85.1 Å². The fourth-order valence-electron chi connectivity index (χ4n) is 7.72. The van der Waals surface area contributed by atoms with Gasteiger partial charge in [0.05, 0.1) is 0 Å². The molecule has 1 unspecified atom stereocenters. The van der Waals surface area contributed by atoms with E-state index in [4.69, 9.17) is 14.2 Å². The summed E-state index contributed by atoms with van der Waals surface area (Å²) in [5, 5.41) is 0. The zero-order chi connectivity index (χ0) is 48.6. The number of allylic oxidation sites excluding steroid dienone is 14. The smallest absolute Gasteiger partial charge is 0.306 e. The van der Waals surface area contributed by atoms with Gasteiger partial charge in [0.1, 0.15) is 13.2 Å². The number of ether oxygens (including phenoxy) is 3. The monoisotopic (exact) mass is 933 g/mol. The molecule has 0 spiro atoms. The zero-order valence-corrected chi connectivity index (χ0v) is 43.9. The molecule has 0 aromatic heterocycles. The van der Waals surface area contributed by atoms with Crippen LogP contribution in [0, 0.1) is 0 Å². The molecule has 6 nitrogen and oxygen atoms in total. The van der Waals surface area contributed by atoms with Gasteiger partial charge in [0.25, 0.3) is 0 Å². The van der Waals surface area contributed by atoms with Crippen LogP contribution in [0.15, 0.2) is 85.1 Å². The molecule has 0 saturated heterocycles. The Hall–Kier alpha value is -3.41. The molecule has 0 aliphatic heterocycles. The quantitative estimate of drug-likeness (QED) is 0.0262. The summed E-state index contributed by atoms with van der Waals surface area (Å²) in [6, 6.07) is 0. The van der Waals surface area contributed by atoms with Gasteiger partial charge in [0.15, 0.2) is 6.10 Å². The van der Waals surface area contributed by atoms with Crippen LogP contribution in [0.5, 0.6) is 0 Å². The summed E-state index contributed by atoms with van der Waals surface area (Å²) in [6.07, 6.45) is 71.6. The van der Waals surface area contributed by atoms with Crippen LogP contribution in [0.2, 0.25) is 0 Å². The van der Waals surface area contributed by atoms with Gasteiger partial charge in [-0.2, -0.15) is 0 Å². The van der Waals surface area contributed by atoms with Crippen molar-refractivity contribution in [1.29, 1.82) is 0 Å². The molecule has 1 atom stereocenters. The van der Waals surface area contributed by atoms with E-state index in [0.717, 1.165) is 109 Å². The van der Waals surface area contributed by atoms with E-state index in [9.17, 15) is 14.4 Å². The fraction of sp³-hybridized carbons (Fsp3) is 0.721. The number of carbonyl (C=O) groups is 3. The summed E-state index contributed by atoms with van der Waals surface area (Å²) in [4.78, 5) is 37.9. The van der Waals surface area contributed by atoms with Gasteiger partial charge in [-0.3, -0.25) is 14.4 Å². The predicted molar refractivity (Wildman–Crippen MR) is 288 cm³/mol. The summed E-state index contributed by atoms with van der Waals surface area (Å²) in [7, 11) is 0. The molecule has 0 saturated carbocycles. The summed E-state index contributed by atoms with van der Waals surface area (Å²) in [6.45, 7) is 6.49. The normalized spacial score (nSPS) is 12.7. The average molecular weight is 933 g/mol. The average Bonchev–Trinajstić information content (AvgIpc) is 3.33. The lowest BCUT2D eigenvalue weighted by Gasteiger charge is -2.18. The third-order valence-corrected chi connectivity index (χ3v) is 11.9. The molecule has 0 heterocycles. The van der Waals surface area contributed by atoms with Gasteiger partial charge in [-0.25, -0.2) is 0 Å². The third kappa shape index (κ3) is 53.4. The minimum absolute atomic E-state index is 0.0765. The first kappa shape index (κ1) is 63.6. The highest BCUT2D eigenvalue weighted by Crippen LogP contribution is 2.15. The molecule has 0 bridgehead atoms. The second-order valence-corrected chi connectivity index (χ2v) is 18.5. The van der Waals surface area contributed by atoms with Gasteiger partial charge in [-0.1, -0.05) is 254 Å². The van der Waals surface area contributed by atoms with Gasteiger partial charge in [0, 0.05) is 19.3 Å². The van der Waals surface area contributed by atoms with Crippen LogP contribution in [0.25, 0.3) is 0 Å². The van der Waals surface area contributed by atoms with Crippen molar-refractivity contribution in [3.63, 3.8) is 0 Å². The highest BCUT2D eigenvalue weighted by Gasteiger charge is 2.19. The lowest BCUT2D eigenvalue weighted by molar-refractivity contribution is -0.167. The van der Waals surface area contributed by atoms with E-state index < -0.39 is 6.10 Å². The molecule has 0 aromatic rings. The van der Waals surface area contributed by atoms with E-state index in [-0.39, 0.29) is 31.1 Å². The van der Waals surface area contributed by atoms with E-state index in [1.165, 1.54) is 116 Å². The Bertz CT molecular complexity index is 1300. The Kier molecular flexibility index (Phi) is 52.4. The van der Waals surface area contributed by atoms with Gasteiger partial charge in [0.2, 0.25) is 0 Å². The summed E-state index contributed by atoms with van der Waals surface area (Å²) in [5.74, 6) is -0.888. The number of esters is 3. The fourth-order valence-corrected chi connectivity index (χ4v) is 7.72. The molecule has 0 fully saturated rings. The number of carbonyl (C=O) groups excluding carboxylic acids is 3. The summed E-state index contributed by atoms with van der Waals surface area (Å²) in [5.41, 5.74) is 0. The highest BCUT2D eigenvalue weighted by molar-refractivity contribution is 5.71. The zero-order valence-electron chi connectivity index (χ0n) is 43.9. The first-order chi connectivity index (χ1) is 33.0. The standard InChI is InChI=1S/C61H104O6/c1-4-7-10-13-16-19-22-23-24-25-26-27-28-29-30-31-32-33-34-35-36-37-38-39-40-43-45-48-51-54-60(63)66-57-58(67-61(64)55-52-49-46-42-21-18-15-12-9-6-3)56-65-59(62)53-50-47-44-41-20-17-14-11-8-5-2/h7,10,16,19,23-24,26-27,29-30,32-33,35-36,58H,4-6,8-9,11-15,17-18,20-22,25,28,31,34,37-57H2,1-3H3/b10-7-,19-16-,24-23-,27-26-,30-29-,33-32-,36-35-. The molecule has 0 aliphatic rings. The molecule has 0 amide bonds. The van der Waals surface area contributed by atoms with Crippen molar-refractivity contribution in [2.45, 2.75) is 271 Å². The second kappa shape index (κ2) is 55.2. The lowest BCUT2D eigenvalue weighted by atomic mass is 10.1. The molecule has 0 aliphatic carbocycles. The van der Waals surface area contributed by atoms with Crippen molar-refractivity contribution in [2.75, 3.05) is 13.2 Å². The molecule has 0 aromatic carbocycles. The minimum Gasteiger partial charge on any atom is -0.462 e. The second-order valence-electron chi connectivity index (χ2n) is 18.5. The van der Waals surface area contributed by atoms with Crippen molar-refractivity contribution >= 4 is 17.9 Å². The Labute approximate surface area is 414 Å². The lowest BCUT2D eigenvalue weighted by Crippen LogP contribution is -2.30. The van der Waals surface area contributed by atoms with Gasteiger partial charge >= 0.3 is 17.9 Å². The number of hydrogen-bond acceptors (Lipinski definition) is 6. The van der Waals surface area contributed by atoms with E-state index in [0.29, 0.717) is 19.3 Å². The van der Waals surface area contributed by atoms with Crippen molar-refractivity contribution in [1.82, 2.24) is 0 Å². The predicted octanol–water partition coefficient (Wildman–Crippen LogP) is 18.8. The maximum Gasteiger partial charge on any atom is 0.306 e. The first-order valence-electron chi connectivity index (χ1n) is 28.1. The van der Waals surface area contributed by atoms with Crippen molar-refractivity contribution < 1.29 is 28.6 Å². The molecule has 0 radical (unpaired) electrons. The van der Waals surface area contributed by atoms with Crippen LogP contribution in [-0.2, 0) is 28.6 Å². The van der Waals surface area contributed by atoms with Crippen molar-refractivity contribution in [3.8, 4) is 0 Å². The van der Waals surface area contributed by atoms with Crippen LogP contribution < -0.4 is 0 Å². The van der Waals surface area contributed by atoms with Gasteiger partial charge in [-0.05, 0) is 77.0 Å². The Morgan fingerprint density at radius 1 is 0.313 bits per heavy atom. The molecule has 384 valence electrons. The van der Waals surface area contributed by atoms with Gasteiger partial charge < -0.3 is 14.2 Å². The first-order valence-corrected chi connectivity index (χ1v) is 28.1. The van der Waals surface area contributed by atoms with E-state index in [1.807, 2.05) is 0 Å². The van der Waals surface area contributed by atoms with Crippen LogP contribution in [0.1, 0.15) is 265 Å². The molecular weight excluding hydrogens is 829 g/mol. The van der Waals surface area contributed by atoms with Crippen LogP contribution in [-0.4, -0.2) is 37.2 Å². The number of unbranched alkanes of at least 4 members (excludes halogenated alkanes) is 25. The topological polar surface area (TPSA) is 78.9 Å². The maximum absolute atomic E-state index is 12.7. The summed E-state index contributed by atoms with van der Waals surface area (Å²) >= 11 is 0. The SMILES string of the molecule is CC/C=C\C/C=C\C/C=C\C/C=C\C/C=C\C/C=C\C/C=C\CCCCCCCCCC(=O)OCC(COC(=O)CCCCCCCCCCCC)OC(=O)CCCCCCCCCCCC. The minimum atomic E-state index is -0.775. The summed E-state index contributed by atoms with van der Waals surface area (Å²) < 4.78 is 16.8. The largest absolute Gasteiger partial charge is 0.462 e. The number of rotatable bonds is 50. The highest BCUT2D eigenvalue weighted by atomic mass is 16.6.